The van der Waals surface area contributed by atoms with E-state index in [0.717, 1.165) is 16.1 Å². The number of nitrogens with zero attached hydrogens (tertiary/aromatic N) is 2. The van der Waals surface area contributed by atoms with Crippen LogP contribution in [0.3, 0.4) is 0 Å². The molecule has 2 aromatic heterocycles. The molecule has 2 rings (SSSR count). The number of hydrogen-bond donors (Lipinski definition) is 1. The molecule has 2 aromatic rings. The normalized spacial score (nSPS) is 10.9. The molecule has 0 saturated heterocycles. The zero-order valence-corrected chi connectivity index (χ0v) is 15.5. The molecule has 0 aliphatic heterocycles. The second-order valence-corrected chi connectivity index (χ2v) is 7.07. The van der Waals surface area contributed by atoms with Crippen molar-refractivity contribution >= 4 is 39.2 Å². The second-order valence-electron chi connectivity index (χ2n) is 5.02. The molecule has 0 saturated carbocycles. The summed E-state index contributed by atoms with van der Waals surface area (Å²) in [5, 5.41) is 3.93. The third-order valence-electron chi connectivity index (χ3n) is 3.29. The van der Waals surface area contributed by atoms with Crippen LogP contribution < -0.4 is 10.9 Å². The van der Waals surface area contributed by atoms with Crippen LogP contribution in [0.2, 0.25) is 0 Å². The van der Waals surface area contributed by atoms with Crippen LogP contribution in [-0.4, -0.2) is 41.5 Å². The number of allylic oxidation sites excluding steroid dienone is 1. The first-order chi connectivity index (χ1) is 11.6. The lowest BCUT2D eigenvalue weighted by atomic mass is 10.3. The Morgan fingerprint density at radius 3 is 3.04 bits per heavy atom. The zero-order chi connectivity index (χ0) is 17.5. The quantitative estimate of drug-likeness (QED) is 0.318. The maximum atomic E-state index is 12.7. The average Bonchev–Trinajstić information content (AvgIpc) is 2.99. The maximum Gasteiger partial charge on any atom is 0.263 e. The van der Waals surface area contributed by atoms with Crippen molar-refractivity contribution in [3.63, 3.8) is 0 Å². The molecule has 0 unspecified atom stereocenters. The highest BCUT2D eigenvalue weighted by Crippen LogP contribution is 2.25. The Kier molecular flexibility index (Phi) is 7.01. The minimum Gasteiger partial charge on any atom is -0.383 e. The largest absolute Gasteiger partial charge is 0.383 e. The van der Waals surface area contributed by atoms with Crippen LogP contribution in [0.25, 0.3) is 10.2 Å². The fraction of sp³-hybridized carbons (Fsp3) is 0.438. The first-order valence-corrected chi connectivity index (χ1v) is 9.43. The summed E-state index contributed by atoms with van der Waals surface area (Å²) in [7, 11) is 1.58. The first kappa shape index (κ1) is 18.7. The van der Waals surface area contributed by atoms with Crippen molar-refractivity contribution in [1.82, 2.24) is 14.9 Å². The molecule has 2 heterocycles. The number of carbonyl (C=O) groups is 1. The maximum absolute atomic E-state index is 12.7. The monoisotopic (exact) mass is 367 g/mol. The van der Waals surface area contributed by atoms with Crippen molar-refractivity contribution in [3.8, 4) is 0 Å². The van der Waals surface area contributed by atoms with Crippen LogP contribution in [0.1, 0.15) is 11.8 Å². The molecule has 8 heteroatoms. The van der Waals surface area contributed by atoms with Gasteiger partial charge in [0.05, 0.1) is 17.7 Å². The van der Waals surface area contributed by atoms with Crippen LogP contribution in [0.5, 0.6) is 0 Å². The van der Waals surface area contributed by atoms with Gasteiger partial charge in [-0.1, -0.05) is 24.8 Å². The molecule has 0 spiro atoms. The fourth-order valence-corrected chi connectivity index (χ4v) is 3.94. The van der Waals surface area contributed by atoms with Crippen molar-refractivity contribution in [2.75, 3.05) is 26.0 Å². The molecule has 1 amide bonds. The zero-order valence-electron chi connectivity index (χ0n) is 13.8. The van der Waals surface area contributed by atoms with Crippen molar-refractivity contribution in [2.45, 2.75) is 25.0 Å². The summed E-state index contributed by atoms with van der Waals surface area (Å²) < 4.78 is 6.46. The number of aryl methyl sites for hydroxylation is 1. The SMILES string of the molecule is C=CCn1c(SCC(=O)NCCOC)nc2sc(CC)cc2c1=O. The number of rotatable bonds is 9. The molecule has 0 aromatic carbocycles. The van der Waals surface area contributed by atoms with Gasteiger partial charge in [-0.15, -0.1) is 17.9 Å². The van der Waals surface area contributed by atoms with Gasteiger partial charge in [0.1, 0.15) is 4.83 Å². The standard InChI is InChI=1S/C16H21N3O3S2/c1-4-7-19-15(21)12-9-11(5-2)24-14(12)18-16(19)23-10-13(20)17-6-8-22-3/h4,9H,1,5-8,10H2,2-3H3,(H,17,20). The molecule has 24 heavy (non-hydrogen) atoms. The number of carbonyl (C=O) groups excluding carboxylic acids is 1. The van der Waals surface area contributed by atoms with E-state index in [1.807, 2.05) is 13.0 Å². The number of ether oxygens (including phenoxy) is 1. The van der Waals surface area contributed by atoms with Crippen LogP contribution in [0, 0.1) is 0 Å². The molecule has 6 nitrogen and oxygen atoms in total. The second kappa shape index (κ2) is 9.00. The molecule has 1 N–H and O–H groups in total. The predicted octanol–water partition coefficient (Wildman–Crippen LogP) is 2.06. The smallest absolute Gasteiger partial charge is 0.263 e. The van der Waals surface area contributed by atoms with Gasteiger partial charge in [0.2, 0.25) is 5.91 Å². The Morgan fingerprint density at radius 1 is 1.58 bits per heavy atom. The summed E-state index contributed by atoms with van der Waals surface area (Å²) in [4.78, 5) is 30.9. The van der Waals surface area contributed by atoms with Gasteiger partial charge < -0.3 is 10.1 Å². The molecular weight excluding hydrogens is 346 g/mol. The molecular formula is C16H21N3O3S2. The van der Waals surface area contributed by atoms with Crippen molar-refractivity contribution < 1.29 is 9.53 Å². The Morgan fingerprint density at radius 2 is 2.38 bits per heavy atom. The van der Waals surface area contributed by atoms with Crippen LogP contribution in [0.15, 0.2) is 28.7 Å². The lowest BCUT2D eigenvalue weighted by Crippen LogP contribution is -2.29. The topological polar surface area (TPSA) is 73.2 Å². The van der Waals surface area contributed by atoms with E-state index in [4.69, 9.17) is 4.74 Å². The highest BCUT2D eigenvalue weighted by molar-refractivity contribution is 7.99. The van der Waals surface area contributed by atoms with E-state index in [-0.39, 0.29) is 17.2 Å². The van der Waals surface area contributed by atoms with Crippen molar-refractivity contribution in [2.24, 2.45) is 0 Å². The Bertz CT molecular complexity index is 783. The third kappa shape index (κ3) is 4.46. The number of fused-ring (bicyclic) bond motifs is 1. The summed E-state index contributed by atoms with van der Waals surface area (Å²) in [6, 6.07) is 1.90. The number of methoxy groups -OCH3 is 1. The van der Waals surface area contributed by atoms with Gasteiger partial charge in [0, 0.05) is 25.1 Å². The molecule has 0 aliphatic rings. The van der Waals surface area contributed by atoms with E-state index in [1.165, 1.54) is 23.1 Å². The van der Waals surface area contributed by atoms with Gasteiger partial charge in [0.15, 0.2) is 5.16 Å². The van der Waals surface area contributed by atoms with Gasteiger partial charge in [0.25, 0.3) is 5.56 Å². The van der Waals surface area contributed by atoms with Gasteiger partial charge in [-0.25, -0.2) is 4.98 Å². The molecule has 0 bridgehead atoms. The van der Waals surface area contributed by atoms with E-state index in [0.29, 0.717) is 30.2 Å². The van der Waals surface area contributed by atoms with Crippen molar-refractivity contribution in [3.05, 3.63) is 34.0 Å². The lowest BCUT2D eigenvalue weighted by molar-refractivity contribution is -0.118. The molecule has 0 radical (unpaired) electrons. The molecule has 0 aliphatic carbocycles. The van der Waals surface area contributed by atoms with Crippen LogP contribution in [-0.2, 0) is 22.5 Å². The van der Waals surface area contributed by atoms with Gasteiger partial charge >= 0.3 is 0 Å². The minimum atomic E-state index is -0.114. The van der Waals surface area contributed by atoms with Gasteiger partial charge in [-0.3, -0.25) is 14.2 Å². The highest BCUT2D eigenvalue weighted by Gasteiger charge is 2.14. The Labute approximate surface area is 148 Å². The summed E-state index contributed by atoms with van der Waals surface area (Å²) in [6.07, 6.45) is 2.52. The molecule has 0 atom stereocenters. The number of amides is 1. The molecule has 0 fully saturated rings. The molecule has 130 valence electrons. The summed E-state index contributed by atoms with van der Waals surface area (Å²) in [5.41, 5.74) is -0.0851. The minimum absolute atomic E-state index is 0.0851. The fourth-order valence-electron chi connectivity index (χ4n) is 2.10. The average molecular weight is 367 g/mol. The van der Waals surface area contributed by atoms with Crippen LogP contribution >= 0.6 is 23.1 Å². The number of hydrogen-bond acceptors (Lipinski definition) is 6. The number of thiophene rings is 1. The van der Waals surface area contributed by atoms with E-state index in [9.17, 15) is 9.59 Å². The number of thioether (sulfide) groups is 1. The Hall–Kier alpha value is -1.64. The third-order valence-corrected chi connectivity index (χ3v) is 5.44. The van der Waals surface area contributed by atoms with Crippen molar-refractivity contribution in [1.29, 1.82) is 0 Å². The summed E-state index contributed by atoms with van der Waals surface area (Å²) >= 11 is 2.78. The van der Waals surface area contributed by atoms with Gasteiger partial charge in [-0.05, 0) is 12.5 Å². The number of aromatic nitrogens is 2. The van der Waals surface area contributed by atoms with E-state index < -0.39 is 0 Å². The summed E-state index contributed by atoms with van der Waals surface area (Å²) in [6.45, 7) is 7.05. The number of nitrogens with one attached hydrogen (secondary N) is 1. The first-order valence-electron chi connectivity index (χ1n) is 7.63. The van der Waals surface area contributed by atoms with E-state index in [1.54, 1.807) is 17.8 Å². The highest BCUT2D eigenvalue weighted by atomic mass is 32.2. The summed E-state index contributed by atoms with van der Waals surface area (Å²) in [5.74, 6) is 0.0853. The van der Waals surface area contributed by atoms with E-state index in [2.05, 4.69) is 16.9 Å². The predicted molar refractivity (Wildman–Crippen MR) is 99.1 cm³/mol. The van der Waals surface area contributed by atoms with E-state index >= 15 is 0 Å². The Balaban J connectivity index is 2.24. The van der Waals surface area contributed by atoms with Crippen LogP contribution in [0.4, 0.5) is 0 Å². The van der Waals surface area contributed by atoms with Gasteiger partial charge in [-0.2, -0.15) is 0 Å². The lowest BCUT2D eigenvalue weighted by Gasteiger charge is -2.10.